The summed E-state index contributed by atoms with van der Waals surface area (Å²) in [7, 11) is 0. The van der Waals surface area contributed by atoms with Crippen LogP contribution in [0.25, 0.3) is 0 Å². The smallest absolute Gasteiger partial charge is 0.312 e. The number of rotatable bonds is 2. The lowest BCUT2D eigenvalue weighted by molar-refractivity contribution is 0.678. The number of benzene rings is 1. The fraction of sp³-hybridized carbons (Fsp3) is 0.167. The van der Waals surface area contributed by atoms with Gasteiger partial charge >= 0.3 is 5.71 Å². The van der Waals surface area contributed by atoms with Crippen LogP contribution in [0.15, 0.2) is 40.9 Å². The zero-order chi connectivity index (χ0) is 10.9. The molecule has 0 fully saturated rings. The third-order valence-corrected chi connectivity index (χ3v) is 3.00. The third-order valence-electron chi connectivity index (χ3n) is 2.51. The number of hydrogen-bond donors (Lipinski definition) is 1. The monoisotopic (exact) mass is 263 g/mol. The second kappa shape index (κ2) is 3.78. The van der Waals surface area contributed by atoms with Crippen molar-refractivity contribution in [1.82, 2.24) is 4.67 Å². The highest BCUT2D eigenvalue weighted by Gasteiger charge is 2.35. The summed E-state index contributed by atoms with van der Waals surface area (Å²) in [6, 6.07) is 8.00. The van der Waals surface area contributed by atoms with Crippen molar-refractivity contribution in [2.45, 2.75) is 12.5 Å². The van der Waals surface area contributed by atoms with Crippen molar-refractivity contribution < 1.29 is 0 Å². The van der Waals surface area contributed by atoms with Gasteiger partial charge < -0.3 is 5.73 Å². The number of allylic oxidation sites excluding steroid dienone is 1. The fourth-order valence-corrected chi connectivity index (χ4v) is 1.97. The molecule has 0 radical (unpaired) electrons. The highest BCUT2D eigenvalue weighted by Crippen LogP contribution is 2.23. The zero-order valence-electron chi connectivity index (χ0n) is 8.44. The Bertz CT molecular complexity index is 480. The summed E-state index contributed by atoms with van der Waals surface area (Å²) >= 11 is 3.44. The molecule has 2 N–H and O–H groups in total. The van der Waals surface area contributed by atoms with E-state index in [1.807, 2.05) is 43.3 Å². The summed E-state index contributed by atoms with van der Waals surface area (Å²) in [5.74, 6) is 0. The number of nitrogens with two attached hydrogens (primary N) is 1. The summed E-state index contributed by atoms with van der Waals surface area (Å²) < 4.78 is 5.28. The van der Waals surface area contributed by atoms with E-state index in [1.54, 1.807) is 6.21 Å². The molecule has 1 aliphatic heterocycles. The lowest BCUT2D eigenvalue weighted by Gasteiger charge is -2.18. The summed E-state index contributed by atoms with van der Waals surface area (Å²) in [4.78, 5) is 0. The van der Waals surface area contributed by atoms with Gasteiger partial charge in [-0.3, -0.25) is 0 Å². The molecule has 2 rings (SSSR count). The quantitative estimate of drug-likeness (QED) is 0.812. The molecule has 1 heterocycles. The van der Waals surface area contributed by atoms with Gasteiger partial charge in [0.2, 0.25) is 0 Å². The Labute approximate surface area is 97.4 Å². The Hall–Kier alpha value is -1.15. The first-order valence-electron chi connectivity index (χ1n) is 4.74. The molecule has 1 aliphatic rings. The van der Waals surface area contributed by atoms with Crippen LogP contribution in [0.5, 0.6) is 0 Å². The van der Waals surface area contributed by atoms with Gasteiger partial charge in [0.15, 0.2) is 0 Å². The van der Waals surface area contributed by atoms with Crippen LogP contribution in [0.3, 0.4) is 0 Å². The van der Waals surface area contributed by atoms with Crippen molar-refractivity contribution in [3.05, 3.63) is 46.5 Å². The van der Waals surface area contributed by atoms with Crippen molar-refractivity contribution in [2.24, 2.45) is 5.73 Å². The third kappa shape index (κ3) is 1.95. The minimum Gasteiger partial charge on any atom is -0.312 e. The molecular weight excluding hydrogens is 252 g/mol. The van der Waals surface area contributed by atoms with Crippen molar-refractivity contribution in [3.63, 3.8) is 0 Å². The second-order valence-electron chi connectivity index (χ2n) is 3.74. The summed E-state index contributed by atoms with van der Waals surface area (Å²) in [5.41, 5.74) is 7.70. The normalized spacial score (nSPS) is 17.7. The van der Waals surface area contributed by atoms with Gasteiger partial charge in [-0.05, 0) is 24.6 Å². The van der Waals surface area contributed by atoms with Gasteiger partial charge in [-0.15, -0.1) is 0 Å². The molecule has 76 valence electrons. The lowest BCUT2D eigenvalue weighted by atomic mass is 9.88. The Balaban J connectivity index is 2.46. The van der Waals surface area contributed by atoms with Crippen LogP contribution < -0.4 is 10.4 Å². The first-order valence-corrected chi connectivity index (χ1v) is 5.53. The molecule has 0 saturated heterocycles. The Kier molecular flexibility index (Phi) is 2.61. The van der Waals surface area contributed by atoms with Gasteiger partial charge in [-0.2, -0.15) is 0 Å². The van der Waals surface area contributed by atoms with Crippen molar-refractivity contribution in [2.75, 3.05) is 0 Å². The van der Waals surface area contributed by atoms with Crippen LogP contribution in [-0.4, -0.2) is 11.9 Å². The molecule has 1 aromatic rings. The van der Waals surface area contributed by atoms with E-state index in [9.17, 15) is 0 Å². The van der Waals surface area contributed by atoms with Crippen LogP contribution in [0, 0.1) is 0 Å². The molecule has 1 atom stereocenters. The standard InChI is InChI=1S/C12H12BrN2/c1-12(14,11-6-3-7-15-11)9-4-2-5-10(13)8-9/h2-8H,14H2,1H3/q+1. The number of nitrogens with zero attached hydrogens (tertiary/aromatic N) is 1. The van der Waals surface area contributed by atoms with Crippen molar-refractivity contribution >= 4 is 27.9 Å². The van der Waals surface area contributed by atoms with Crippen LogP contribution in [0.2, 0.25) is 0 Å². The molecule has 0 spiro atoms. The Morgan fingerprint density at radius 1 is 1.40 bits per heavy atom. The van der Waals surface area contributed by atoms with Crippen LogP contribution >= 0.6 is 15.9 Å². The number of halogens is 1. The topological polar surface area (TPSA) is 40.1 Å². The average molecular weight is 264 g/mol. The van der Waals surface area contributed by atoms with E-state index in [4.69, 9.17) is 5.73 Å². The Morgan fingerprint density at radius 2 is 2.20 bits per heavy atom. The average Bonchev–Trinajstić information content (AvgIpc) is 2.71. The van der Waals surface area contributed by atoms with E-state index in [-0.39, 0.29) is 0 Å². The van der Waals surface area contributed by atoms with E-state index >= 15 is 0 Å². The number of hydrogen-bond acceptors (Lipinski definition) is 1. The molecule has 1 aromatic carbocycles. The maximum atomic E-state index is 6.29. The molecule has 0 aromatic heterocycles. The first-order chi connectivity index (χ1) is 7.10. The minimum absolute atomic E-state index is 0.534. The predicted molar refractivity (Wildman–Crippen MR) is 68.0 cm³/mol. The minimum atomic E-state index is -0.534. The van der Waals surface area contributed by atoms with Crippen LogP contribution in [-0.2, 0) is 5.54 Å². The highest BCUT2D eigenvalue weighted by atomic mass is 79.9. The van der Waals surface area contributed by atoms with Gasteiger partial charge in [-0.1, -0.05) is 32.7 Å². The largest absolute Gasteiger partial charge is 0.327 e. The van der Waals surface area contributed by atoms with E-state index in [1.165, 1.54) is 0 Å². The maximum Gasteiger partial charge on any atom is 0.327 e. The van der Waals surface area contributed by atoms with Gasteiger partial charge in [0.25, 0.3) is 6.21 Å². The van der Waals surface area contributed by atoms with Crippen molar-refractivity contribution in [3.8, 4) is 0 Å². The SMILES string of the molecule is CC(N)(C1=[N+]=CC=C1)c1cccc(Br)c1. The van der Waals surface area contributed by atoms with Gasteiger partial charge in [0.05, 0.1) is 0 Å². The van der Waals surface area contributed by atoms with E-state index < -0.39 is 5.54 Å². The molecular formula is C12H12BrN2+. The second-order valence-corrected chi connectivity index (χ2v) is 4.65. The van der Waals surface area contributed by atoms with Gasteiger partial charge in [0.1, 0.15) is 5.54 Å². The molecule has 0 aliphatic carbocycles. The summed E-state index contributed by atoms with van der Waals surface area (Å²) in [5, 5.41) is 0. The molecule has 0 amide bonds. The molecule has 0 bridgehead atoms. The van der Waals surface area contributed by atoms with E-state index in [0.29, 0.717) is 0 Å². The molecule has 0 saturated carbocycles. The van der Waals surface area contributed by atoms with Crippen LogP contribution in [0.1, 0.15) is 12.5 Å². The molecule has 2 nitrogen and oxygen atoms in total. The summed E-state index contributed by atoms with van der Waals surface area (Å²) in [6.07, 6.45) is 5.61. The molecule has 15 heavy (non-hydrogen) atoms. The van der Waals surface area contributed by atoms with E-state index in [0.717, 1.165) is 15.7 Å². The predicted octanol–water partition coefficient (Wildman–Crippen LogP) is 1.77. The Morgan fingerprint density at radius 3 is 2.80 bits per heavy atom. The van der Waals surface area contributed by atoms with Crippen LogP contribution in [0.4, 0.5) is 0 Å². The van der Waals surface area contributed by atoms with E-state index in [2.05, 4.69) is 20.6 Å². The zero-order valence-corrected chi connectivity index (χ0v) is 10.0. The molecule has 3 heteroatoms. The fourth-order valence-electron chi connectivity index (χ4n) is 1.57. The maximum absolute atomic E-state index is 6.29. The lowest BCUT2D eigenvalue weighted by Crippen LogP contribution is -2.41. The summed E-state index contributed by atoms with van der Waals surface area (Å²) in [6.45, 7) is 1.97. The van der Waals surface area contributed by atoms with Gasteiger partial charge in [0, 0.05) is 16.6 Å². The highest BCUT2D eigenvalue weighted by molar-refractivity contribution is 9.10. The van der Waals surface area contributed by atoms with Crippen molar-refractivity contribution in [1.29, 1.82) is 0 Å². The van der Waals surface area contributed by atoms with Gasteiger partial charge in [-0.25, -0.2) is 0 Å². The molecule has 1 unspecified atom stereocenters. The first kappa shape index (κ1) is 10.4.